The van der Waals surface area contributed by atoms with Gasteiger partial charge in [0.1, 0.15) is 5.75 Å². The molecule has 0 saturated heterocycles. The normalized spacial score (nSPS) is 12.3. The second-order valence-electron chi connectivity index (χ2n) is 6.93. The lowest BCUT2D eigenvalue weighted by Crippen LogP contribution is -2.28. The zero-order chi connectivity index (χ0) is 19.3. The Hall–Kier alpha value is -2.82. The Morgan fingerprint density at radius 1 is 1.08 bits per heavy atom. The van der Waals surface area contributed by atoms with Gasteiger partial charge >= 0.3 is 5.97 Å². The number of amides is 1. The van der Waals surface area contributed by atoms with E-state index < -0.39 is 11.4 Å². The summed E-state index contributed by atoms with van der Waals surface area (Å²) in [5.74, 6) is -0.109. The van der Waals surface area contributed by atoms with E-state index in [1.54, 1.807) is 45.2 Å². The van der Waals surface area contributed by atoms with Crippen molar-refractivity contribution < 1.29 is 19.4 Å². The smallest absolute Gasteiger partial charge is 0.313 e. The molecule has 0 bridgehead atoms. The van der Waals surface area contributed by atoms with Crippen LogP contribution < -0.4 is 10.1 Å². The third-order valence-corrected chi connectivity index (χ3v) is 4.60. The fraction of sp³-hybridized carbons (Fsp3) is 0.333. The Balaban J connectivity index is 1.97. The van der Waals surface area contributed by atoms with Crippen molar-refractivity contribution in [2.45, 2.75) is 38.5 Å². The van der Waals surface area contributed by atoms with Crippen molar-refractivity contribution in [1.29, 1.82) is 0 Å². The van der Waals surface area contributed by atoms with Crippen LogP contribution in [0.25, 0.3) is 0 Å². The van der Waals surface area contributed by atoms with E-state index in [-0.39, 0.29) is 11.8 Å². The van der Waals surface area contributed by atoms with Crippen molar-refractivity contribution in [3.8, 4) is 5.75 Å². The monoisotopic (exact) mass is 355 g/mol. The van der Waals surface area contributed by atoms with Crippen LogP contribution in [-0.2, 0) is 15.0 Å². The van der Waals surface area contributed by atoms with Crippen LogP contribution in [0.1, 0.15) is 44.2 Å². The minimum absolute atomic E-state index is 0.0751. The molecule has 1 unspecified atom stereocenters. The van der Waals surface area contributed by atoms with Crippen LogP contribution in [-0.4, -0.2) is 24.1 Å². The molecule has 138 valence electrons. The first-order valence-electron chi connectivity index (χ1n) is 8.51. The quantitative estimate of drug-likeness (QED) is 0.781. The van der Waals surface area contributed by atoms with Crippen LogP contribution in [0.15, 0.2) is 48.5 Å². The summed E-state index contributed by atoms with van der Waals surface area (Å²) in [6.07, 6.45) is 0.356. The second-order valence-corrected chi connectivity index (χ2v) is 6.93. The van der Waals surface area contributed by atoms with E-state index in [0.717, 1.165) is 11.3 Å². The van der Waals surface area contributed by atoms with E-state index in [1.165, 1.54) is 0 Å². The molecule has 0 aliphatic heterocycles. The summed E-state index contributed by atoms with van der Waals surface area (Å²) >= 11 is 0. The number of benzene rings is 2. The van der Waals surface area contributed by atoms with Gasteiger partial charge in [-0.1, -0.05) is 31.2 Å². The molecule has 2 aromatic rings. The minimum Gasteiger partial charge on any atom is -0.497 e. The summed E-state index contributed by atoms with van der Waals surface area (Å²) in [6.45, 7) is 5.30. The van der Waals surface area contributed by atoms with Crippen molar-refractivity contribution in [1.82, 2.24) is 0 Å². The van der Waals surface area contributed by atoms with Crippen molar-refractivity contribution in [3.05, 3.63) is 59.7 Å². The third-order valence-electron chi connectivity index (χ3n) is 4.60. The number of nitrogens with one attached hydrogen (secondary N) is 1. The fourth-order valence-corrected chi connectivity index (χ4v) is 2.63. The van der Waals surface area contributed by atoms with E-state index >= 15 is 0 Å². The van der Waals surface area contributed by atoms with Crippen molar-refractivity contribution in [2.24, 2.45) is 0 Å². The molecule has 0 saturated carbocycles. The fourth-order valence-electron chi connectivity index (χ4n) is 2.63. The molecule has 0 fully saturated rings. The Bertz CT molecular complexity index is 764. The molecule has 0 spiro atoms. The number of carbonyl (C=O) groups excluding carboxylic acids is 1. The SMILES string of the molecule is COc1ccc(C(C)CC(=O)Nc2ccc(C(C)(C)C(=O)O)cc2)cc1. The zero-order valence-electron chi connectivity index (χ0n) is 15.6. The van der Waals surface area contributed by atoms with Crippen LogP contribution in [0.3, 0.4) is 0 Å². The Labute approximate surface area is 154 Å². The first-order chi connectivity index (χ1) is 12.2. The number of carbonyl (C=O) groups is 2. The number of rotatable bonds is 7. The molecule has 0 aliphatic rings. The van der Waals surface area contributed by atoms with E-state index in [0.29, 0.717) is 17.7 Å². The summed E-state index contributed by atoms with van der Waals surface area (Å²) in [6, 6.07) is 14.6. The largest absolute Gasteiger partial charge is 0.497 e. The summed E-state index contributed by atoms with van der Waals surface area (Å²) in [7, 11) is 1.62. The zero-order valence-corrected chi connectivity index (χ0v) is 15.6. The lowest BCUT2D eigenvalue weighted by atomic mass is 9.85. The molecule has 1 amide bonds. The molecule has 5 nitrogen and oxygen atoms in total. The average Bonchev–Trinajstić information content (AvgIpc) is 2.62. The van der Waals surface area contributed by atoms with Crippen LogP contribution in [0.5, 0.6) is 5.75 Å². The van der Waals surface area contributed by atoms with Gasteiger partial charge in [0.2, 0.25) is 5.91 Å². The molecule has 0 radical (unpaired) electrons. The lowest BCUT2D eigenvalue weighted by Gasteiger charge is -2.20. The Morgan fingerprint density at radius 2 is 1.65 bits per heavy atom. The standard InChI is InChI=1S/C21H25NO4/c1-14(15-5-11-18(26-4)12-6-15)13-19(23)22-17-9-7-16(8-10-17)21(2,3)20(24)25/h5-12,14H,13H2,1-4H3,(H,22,23)(H,24,25). The highest BCUT2D eigenvalue weighted by Crippen LogP contribution is 2.26. The van der Waals surface area contributed by atoms with Crippen molar-refractivity contribution in [3.63, 3.8) is 0 Å². The number of carboxylic acids is 1. The summed E-state index contributed by atoms with van der Waals surface area (Å²) in [4.78, 5) is 23.6. The molecule has 2 aromatic carbocycles. The number of hydrogen-bond acceptors (Lipinski definition) is 3. The topological polar surface area (TPSA) is 75.6 Å². The van der Waals surface area contributed by atoms with E-state index in [1.807, 2.05) is 31.2 Å². The maximum Gasteiger partial charge on any atom is 0.313 e. The predicted octanol–water partition coefficient (Wildman–Crippen LogP) is 4.19. The van der Waals surface area contributed by atoms with Gasteiger partial charge in [0.25, 0.3) is 0 Å². The van der Waals surface area contributed by atoms with Gasteiger partial charge in [-0.25, -0.2) is 0 Å². The van der Waals surface area contributed by atoms with Crippen LogP contribution in [0.4, 0.5) is 5.69 Å². The number of anilines is 1. The number of methoxy groups -OCH3 is 1. The molecule has 2 rings (SSSR count). The van der Waals surface area contributed by atoms with Gasteiger partial charge in [0.15, 0.2) is 0 Å². The molecule has 0 heterocycles. The Kier molecular flexibility index (Phi) is 6.03. The Morgan fingerprint density at radius 3 is 2.15 bits per heavy atom. The van der Waals surface area contributed by atoms with E-state index in [9.17, 15) is 14.7 Å². The van der Waals surface area contributed by atoms with Crippen LogP contribution in [0, 0.1) is 0 Å². The number of hydrogen-bond donors (Lipinski definition) is 2. The van der Waals surface area contributed by atoms with Gasteiger partial charge in [-0.15, -0.1) is 0 Å². The first-order valence-corrected chi connectivity index (χ1v) is 8.51. The second kappa shape index (κ2) is 8.04. The molecule has 5 heteroatoms. The van der Waals surface area contributed by atoms with Gasteiger partial charge in [-0.3, -0.25) is 9.59 Å². The highest BCUT2D eigenvalue weighted by Gasteiger charge is 2.29. The van der Waals surface area contributed by atoms with E-state index in [2.05, 4.69) is 5.32 Å². The van der Waals surface area contributed by atoms with Crippen molar-refractivity contribution in [2.75, 3.05) is 12.4 Å². The maximum atomic E-state index is 12.3. The van der Waals surface area contributed by atoms with Crippen molar-refractivity contribution >= 4 is 17.6 Å². The molecular weight excluding hydrogens is 330 g/mol. The average molecular weight is 355 g/mol. The highest BCUT2D eigenvalue weighted by atomic mass is 16.5. The molecular formula is C21H25NO4. The lowest BCUT2D eigenvalue weighted by molar-refractivity contribution is -0.142. The van der Waals surface area contributed by atoms with Crippen LogP contribution in [0.2, 0.25) is 0 Å². The number of ether oxygens (including phenoxy) is 1. The molecule has 0 aliphatic carbocycles. The van der Waals surface area contributed by atoms with Gasteiger partial charge < -0.3 is 15.2 Å². The molecule has 2 N–H and O–H groups in total. The number of aliphatic carboxylic acids is 1. The number of carboxylic acid groups (broad SMARTS) is 1. The van der Waals surface area contributed by atoms with E-state index in [4.69, 9.17) is 4.74 Å². The minimum atomic E-state index is -0.967. The van der Waals surface area contributed by atoms with Crippen LogP contribution >= 0.6 is 0 Å². The molecule has 26 heavy (non-hydrogen) atoms. The molecule has 1 atom stereocenters. The van der Waals surface area contributed by atoms with Gasteiger partial charge in [-0.05, 0) is 55.2 Å². The van der Waals surface area contributed by atoms with Gasteiger partial charge in [-0.2, -0.15) is 0 Å². The predicted molar refractivity (Wildman–Crippen MR) is 102 cm³/mol. The third kappa shape index (κ3) is 4.63. The summed E-state index contributed by atoms with van der Waals surface area (Å²) in [5.41, 5.74) is 1.45. The van der Waals surface area contributed by atoms with Gasteiger partial charge in [0.05, 0.1) is 12.5 Å². The summed E-state index contributed by atoms with van der Waals surface area (Å²) < 4.78 is 5.14. The summed E-state index contributed by atoms with van der Waals surface area (Å²) in [5, 5.41) is 12.1. The first kappa shape index (κ1) is 19.5. The van der Waals surface area contributed by atoms with Gasteiger partial charge in [0, 0.05) is 12.1 Å². The highest BCUT2D eigenvalue weighted by molar-refractivity contribution is 5.91. The maximum absolute atomic E-state index is 12.3. The molecule has 0 aromatic heterocycles.